The van der Waals surface area contributed by atoms with Crippen molar-refractivity contribution in [2.75, 3.05) is 17.3 Å². The van der Waals surface area contributed by atoms with Gasteiger partial charge in [-0.2, -0.15) is 0 Å². The van der Waals surface area contributed by atoms with E-state index in [1.54, 1.807) is 0 Å². The van der Waals surface area contributed by atoms with Crippen molar-refractivity contribution < 1.29 is 19.1 Å². The molecule has 4 aliphatic rings. The molecule has 5 atom stereocenters. The third-order valence-electron chi connectivity index (χ3n) is 8.25. The van der Waals surface area contributed by atoms with E-state index >= 15 is 0 Å². The summed E-state index contributed by atoms with van der Waals surface area (Å²) in [6, 6.07) is 14.8. The third-order valence-corrected chi connectivity index (χ3v) is 9.80. The zero-order valence-corrected chi connectivity index (χ0v) is 24.4. The molecule has 0 radical (unpaired) electrons. The highest BCUT2D eigenvalue weighted by molar-refractivity contribution is 8.04. The lowest BCUT2D eigenvalue weighted by molar-refractivity contribution is -0.122. The number of para-hydroxylation sites is 1. The molecule has 0 bridgehead atoms. The number of rotatable bonds is 8. The van der Waals surface area contributed by atoms with Crippen LogP contribution in [-0.4, -0.2) is 53.8 Å². The summed E-state index contributed by atoms with van der Waals surface area (Å²) in [4.78, 5) is 41.7. The second-order valence-electron chi connectivity index (χ2n) is 10.9. The number of carbonyl (C=O) groups is 3. The maximum Gasteiger partial charge on any atom is 0.326 e. The zero-order chi connectivity index (χ0) is 28.5. The SMILES string of the molecule is Cc1cc(Oc2ccccc2)ccc1N1C(=O)NC2=C(C(=O)N[C@@H]3CCC[C@@H]3NC(=O)CCCl)SC3NCCC1C23. The van der Waals surface area contributed by atoms with E-state index in [9.17, 15) is 14.4 Å². The van der Waals surface area contributed by atoms with Crippen LogP contribution in [0.2, 0.25) is 0 Å². The number of piperidine rings is 1. The number of hydrogen-bond acceptors (Lipinski definition) is 6. The van der Waals surface area contributed by atoms with Gasteiger partial charge in [0, 0.05) is 41.7 Å². The van der Waals surface area contributed by atoms with Gasteiger partial charge in [-0.05, 0) is 75.0 Å². The number of amides is 4. The van der Waals surface area contributed by atoms with Crippen molar-refractivity contribution in [3.63, 3.8) is 0 Å². The van der Waals surface area contributed by atoms with Gasteiger partial charge in [-0.3, -0.25) is 14.5 Å². The standard InChI is InChI=1S/C30H34ClN5O4S/c1-17-16-19(40-18-6-3-2-4-7-18)10-11-22(17)36-23-13-15-32-29-25(23)26(35-30(36)39)27(41-29)28(38)34-21-9-5-8-20(21)33-24(37)12-14-31/h2-4,6-7,10-11,16,20-21,23,25,29,32H,5,8-9,12-15H2,1H3,(H,33,37)(H,34,38)(H,35,39)/t20-,21+,23?,25?,29?/m0/s1. The second kappa shape index (κ2) is 12.0. The minimum absolute atomic E-state index is 0.0172. The predicted molar refractivity (Wildman–Crippen MR) is 160 cm³/mol. The first-order valence-corrected chi connectivity index (χ1v) is 15.6. The van der Waals surface area contributed by atoms with Crippen LogP contribution in [0.25, 0.3) is 0 Å². The van der Waals surface area contributed by atoms with Crippen LogP contribution in [0, 0.1) is 12.8 Å². The van der Waals surface area contributed by atoms with Gasteiger partial charge in [0.05, 0.1) is 16.3 Å². The van der Waals surface area contributed by atoms with Crippen LogP contribution >= 0.6 is 23.4 Å². The quantitative estimate of drug-likeness (QED) is 0.338. The smallest absolute Gasteiger partial charge is 0.326 e. The van der Waals surface area contributed by atoms with E-state index in [0.29, 0.717) is 16.4 Å². The Morgan fingerprint density at radius 2 is 1.85 bits per heavy atom. The molecule has 11 heteroatoms. The fraction of sp³-hybridized carbons (Fsp3) is 0.433. The Kier molecular flexibility index (Phi) is 8.14. The van der Waals surface area contributed by atoms with Crippen molar-refractivity contribution in [2.24, 2.45) is 5.92 Å². The van der Waals surface area contributed by atoms with Gasteiger partial charge in [-0.25, -0.2) is 4.79 Å². The minimum Gasteiger partial charge on any atom is -0.457 e. The molecule has 2 saturated heterocycles. The van der Waals surface area contributed by atoms with E-state index in [-0.39, 0.29) is 59.6 Å². The first kappa shape index (κ1) is 27.9. The number of alkyl halides is 1. The van der Waals surface area contributed by atoms with Crippen LogP contribution in [0.3, 0.4) is 0 Å². The van der Waals surface area contributed by atoms with Crippen LogP contribution < -0.4 is 30.9 Å². The van der Waals surface area contributed by atoms with Crippen molar-refractivity contribution >= 4 is 46.9 Å². The minimum atomic E-state index is -0.235. The number of hydrogen-bond donors (Lipinski definition) is 4. The monoisotopic (exact) mass is 595 g/mol. The molecule has 3 heterocycles. The second-order valence-corrected chi connectivity index (χ2v) is 12.4. The number of aryl methyl sites for hydroxylation is 1. The van der Waals surface area contributed by atoms with Crippen LogP contribution in [0.1, 0.15) is 37.7 Å². The molecular formula is C30H34ClN5O4S. The Morgan fingerprint density at radius 1 is 1.07 bits per heavy atom. The van der Waals surface area contributed by atoms with Gasteiger partial charge < -0.3 is 26.0 Å². The van der Waals surface area contributed by atoms with Gasteiger partial charge in [0.1, 0.15) is 11.5 Å². The van der Waals surface area contributed by atoms with Gasteiger partial charge in [0.25, 0.3) is 5.91 Å². The molecule has 216 valence electrons. The Labute approximate surface area is 248 Å². The molecule has 1 aliphatic carbocycles. The third kappa shape index (κ3) is 5.65. The van der Waals surface area contributed by atoms with Gasteiger partial charge in [0.15, 0.2) is 0 Å². The van der Waals surface area contributed by atoms with Gasteiger partial charge in [-0.1, -0.05) is 30.0 Å². The topological polar surface area (TPSA) is 112 Å². The van der Waals surface area contributed by atoms with Crippen molar-refractivity contribution in [2.45, 2.75) is 62.5 Å². The number of anilines is 1. The molecule has 41 heavy (non-hydrogen) atoms. The van der Waals surface area contributed by atoms with E-state index < -0.39 is 0 Å². The highest BCUT2D eigenvalue weighted by atomic mass is 35.5. The predicted octanol–water partition coefficient (Wildman–Crippen LogP) is 4.36. The molecule has 3 aliphatic heterocycles. The molecule has 3 unspecified atom stereocenters. The van der Waals surface area contributed by atoms with Crippen LogP contribution in [0.5, 0.6) is 11.5 Å². The highest BCUT2D eigenvalue weighted by Crippen LogP contribution is 2.48. The Morgan fingerprint density at radius 3 is 2.61 bits per heavy atom. The highest BCUT2D eigenvalue weighted by Gasteiger charge is 2.52. The first-order chi connectivity index (χ1) is 19.9. The molecule has 2 aromatic rings. The summed E-state index contributed by atoms with van der Waals surface area (Å²) in [6.45, 7) is 2.73. The van der Waals surface area contributed by atoms with Crippen LogP contribution in [0.15, 0.2) is 59.1 Å². The fourth-order valence-corrected chi connectivity index (χ4v) is 7.96. The number of nitrogens with zero attached hydrogens (tertiary/aromatic N) is 1. The van der Waals surface area contributed by atoms with E-state index in [1.807, 2.05) is 60.4 Å². The fourth-order valence-electron chi connectivity index (χ4n) is 6.39. The van der Waals surface area contributed by atoms with Crippen LogP contribution in [-0.2, 0) is 9.59 Å². The van der Waals surface area contributed by atoms with E-state index in [4.69, 9.17) is 16.3 Å². The molecule has 3 fully saturated rings. The largest absolute Gasteiger partial charge is 0.457 e. The lowest BCUT2D eigenvalue weighted by Crippen LogP contribution is -2.62. The van der Waals surface area contributed by atoms with Gasteiger partial charge in [0.2, 0.25) is 5.91 Å². The van der Waals surface area contributed by atoms with E-state index in [2.05, 4.69) is 21.3 Å². The molecule has 4 amide bonds. The normalized spacial score (nSPS) is 26.8. The molecule has 0 aromatic heterocycles. The summed E-state index contributed by atoms with van der Waals surface area (Å²) < 4.78 is 6.00. The Balaban J connectivity index is 1.21. The van der Waals surface area contributed by atoms with Crippen LogP contribution in [0.4, 0.5) is 10.5 Å². The summed E-state index contributed by atoms with van der Waals surface area (Å²) in [5, 5.41) is 12.8. The van der Waals surface area contributed by atoms with Crippen molar-refractivity contribution in [1.82, 2.24) is 21.3 Å². The maximum atomic E-state index is 13.6. The van der Waals surface area contributed by atoms with Crippen molar-refractivity contribution in [3.8, 4) is 11.5 Å². The summed E-state index contributed by atoms with van der Waals surface area (Å²) in [5.41, 5.74) is 2.46. The lowest BCUT2D eigenvalue weighted by Gasteiger charge is -2.46. The number of benzene rings is 2. The average Bonchev–Trinajstić information content (AvgIpc) is 3.55. The molecule has 0 spiro atoms. The van der Waals surface area contributed by atoms with Crippen molar-refractivity contribution in [1.29, 1.82) is 0 Å². The molecule has 9 nitrogen and oxygen atoms in total. The first-order valence-electron chi connectivity index (χ1n) is 14.2. The number of halogens is 1. The summed E-state index contributed by atoms with van der Waals surface area (Å²) in [6.07, 6.45) is 3.55. The number of ether oxygens (including phenoxy) is 1. The molecule has 4 N–H and O–H groups in total. The average molecular weight is 596 g/mol. The molecular weight excluding hydrogens is 562 g/mol. The molecule has 6 rings (SSSR count). The van der Waals surface area contributed by atoms with E-state index in [0.717, 1.165) is 49.2 Å². The number of carbonyl (C=O) groups excluding carboxylic acids is 3. The number of thioether (sulfide) groups is 1. The zero-order valence-electron chi connectivity index (χ0n) is 22.8. The van der Waals surface area contributed by atoms with E-state index in [1.165, 1.54) is 11.8 Å². The van der Waals surface area contributed by atoms with Gasteiger partial charge >= 0.3 is 6.03 Å². The molecule has 2 aromatic carbocycles. The summed E-state index contributed by atoms with van der Waals surface area (Å²) >= 11 is 7.20. The molecule has 1 saturated carbocycles. The van der Waals surface area contributed by atoms with Gasteiger partial charge in [-0.15, -0.1) is 11.6 Å². The number of urea groups is 1. The lowest BCUT2D eigenvalue weighted by atomic mass is 9.86. The Bertz CT molecular complexity index is 1370. The maximum absolute atomic E-state index is 13.6. The summed E-state index contributed by atoms with van der Waals surface area (Å²) in [7, 11) is 0. The summed E-state index contributed by atoms with van der Waals surface area (Å²) in [5.74, 6) is 1.38. The number of nitrogens with one attached hydrogen (secondary N) is 4. The van der Waals surface area contributed by atoms with Crippen molar-refractivity contribution in [3.05, 3.63) is 64.7 Å². The Hall–Kier alpha value is -3.21.